The summed E-state index contributed by atoms with van der Waals surface area (Å²) in [6.07, 6.45) is 1.96. The molecule has 2 rings (SSSR count). The predicted octanol–water partition coefficient (Wildman–Crippen LogP) is 0.0112. The van der Waals surface area contributed by atoms with Crippen molar-refractivity contribution in [2.75, 3.05) is 43.1 Å². The van der Waals surface area contributed by atoms with E-state index in [9.17, 15) is 8.42 Å². The summed E-state index contributed by atoms with van der Waals surface area (Å²) in [5, 5.41) is 0. The van der Waals surface area contributed by atoms with Crippen LogP contribution in [0.1, 0.15) is 18.3 Å². The molecule has 0 unspecified atom stereocenters. The second kappa shape index (κ2) is 5.53. The molecule has 1 fully saturated rings. The SMILES string of the molecule is CCc1nc(N)c(C)c(N2CCN(S(C)(=O)=O)CC2)n1. The van der Waals surface area contributed by atoms with Gasteiger partial charge in [-0.15, -0.1) is 0 Å². The lowest BCUT2D eigenvalue weighted by Crippen LogP contribution is -2.48. The summed E-state index contributed by atoms with van der Waals surface area (Å²) in [5.41, 5.74) is 6.77. The van der Waals surface area contributed by atoms with E-state index >= 15 is 0 Å². The van der Waals surface area contributed by atoms with Crippen LogP contribution in [0.5, 0.6) is 0 Å². The monoisotopic (exact) mass is 299 g/mol. The molecule has 1 aliphatic rings. The van der Waals surface area contributed by atoms with Crippen LogP contribution in [0.4, 0.5) is 11.6 Å². The van der Waals surface area contributed by atoms with E-state index in [-0.39, 0.29) is 0 Å². The highest BCUT2D eigenvalue weighted by molar-refractivity contribution is 7.88. The van der Waals surface area contributed by atoms with E-state index in [1.54, 1.807) is 0 Å². The Hall–Kier alpha value is -1.41. The molecule has 20 heavy (non-hydrogen) atoms. The number of nitrogen functional groups attached to an aromatic ring is 1. The molecule has 0 amide bonds. The largest absolute Gasteiger partial charge is 0.383 e. The molecule has 1 saturated heterocycles. The maximum atomic E-state index is 11.5. The highest BCUT2D eigenvalue weighted by atomic mass is 32.2. The van der Waals surface area contributed by atoms with E-state index in [4.69, 9.17) is 5.73 Å². The van der Waals surface area contributed by atoms with Gasteiger partial charge in [-0.2, -0.15) is 4.31 Å². The average Bonchev–Trinajstić information content (AvgIpc) is 2.41. The fourth-order valence-electron chi connectivity index (χ4n) is 2.27. The van der Waals surface area contributed by atoms with Gasteiger partial charge in [0.25, 0.3) is 0 Å². The quantitative estimate of drug-likeness (QED) is 0.845. The number of rotatable bonds is 3. The van der Waals surface area contributed by atoms with E-state index < -0.39 is 10.0 Å². The standard InChI is InChI=1S/C12H21N5O2S/c1-4-10-14-11(13)9(2)12(15-10)16-5-7-17(8-6-16)20(3,18)19/h4-8H2,1-3H3,(H2,13,14,15). The molecular weight excluding hydrogens is 278 g/mol. The van der Waals surface area contributed by atoms with Crippen molar-refractivity contribution in [1.82, 2.24) is 14.3 Å². The fraction of sp³-hybridized carbons (Fsp3) is 0.667. The fourth-order valence-corrected chi connectivity index (χ4v) is 3.09. The van der Waals surface area contributed by atoms with E-state index in [1.807, 2.05) is 13.8 Å². The average molecular weight is 299 g/mol. The van der Waals surface area contributed by atoms with Gasteiger partial charge in [0.2, 0.25) is 10.0 Å². The zero-order valence-electron chi connectivity index (χ0n) is 12.1. The van der Waals surface area contributed by atoms with Crippen LogP contribution in [-0.4, -0.2) is 55.1 Å². The van der Waals surface area contributed by atoms with Crippen molar-refractivity contribution in [1.29, 1.82) is 0 Å². The van der Waals surface area contributed by atoms with Gasteiger partial charge < -0.3 is 10.6 Å². The first-order valence-electron chi connectivity index (χ1n) is 6.66. The molecule has 0 aliphatic carbocycles. The van der Waals surface area contributed by atoms with Gasteiger partial charge >= 0.3 is 0 Å². The lowest BCUT2D eigenvalue weighted by Gasteiger charge is -2.34. The molecule has 0 saturated carbocycles. The molecule has 1 aromatic rings. The van der Waals surface area contributed by atoms with Crippen LogP contribution >= 0.6 is 0 Å². The van der Waals surface area contributed by atoms with Crippen LogP contribution in [0.3, 0.4) is 0 Å². The van der Waals surface area contributed by atoms with Gasteiger partial charge in [0.1, 0.15) is 17.5 Å². The summed E-state index contributed by atoms with van der Waals surface area (Å²) in [7, 11) is -3.11. The Bertz CT molecular complexity index is 594. The van der Waals surface area contributed by atoms with Crippen LogP contribution in [0, 0.1) is 6.92 Å². The summed E-state index contributed by atoms with van der Waals surface area (Å²) >= 11 is 0. The molecule has 8 heteroatoms. The lowest BCUT2D eigenvalue weighted by molar-refractivity contribution is 0.386. The van der Waals surface area contributed by atoms with Crippen molar-refractivity contribution in [3.63, 3.8) is 0 Å². The molecule has 0 bridgehead atoms. The van der Waals surface area contributed by atoms with E-state index in [0.29, 0.717) is 37.8 Å². The van der Waals surface area contributed by atoms with Gasteiger partial charge in [-0.1, -0.05) is 6.92 Å². The summed E-state index contributed by atoms with van der Waals surface area (Å²) in [6.45, 7) is 6.07. The zero-order valence-corrected chi connectivity index (χ0v) is 12.9. The van der Waals surface area contributed by atoms with Gasteiger partial charge in [0, 0.05) is 38.2 Å². The minimum Gasteiger partial charge on any atom is -0.383 e. The Kier molecular flexibility index (Phi) is 4.14. The highest BCUT2D eigenvalue weighted by Gasteiger charge is 2.25. The van der Waals surface area contributed by atoms with Crippen molar-refractivity contribution < 1.29 is 8.42 Å². The number of aryl methyl sites for hydroxylation is 1. The highest BCUT2D eigenvalue weighted by Crippen LogP contribution is 2.23. The van der Waals surface area contributed by atoms with E-state index in [0.717, 1.165) is 17.8 Å². The molecule has 1 aromatic heterocycles. The molecule has 7 nitrogen and oxygen atoms in total. The lowest BCUT2D eigenvalue weighted by atomic mass is 10.2. The minimum atomic E-state index is -3.11. The van der Waals surface area contributed by atoms with Crippen LogP contribution < -0.4 is 10.6 Å². The number of sulfonamides is 1. The van der Waals surface area contributed by atoms with Gasteiger partial charge in [0.15, 0.2) is 0 Å². The van der Waals surface area contributed by atoms with Gasteiger partial charge in [0.05, 0.1) is 6.26 Å². The molecule has 112 valence electrons. The predicted molar refractivity (Wildman–Crippen MR) is 79.2 cm³/mol. The number of hydrogen-bond donors (Lipinski definition) is 1. The number of anilines is 2. The van der Waals surface area contributed by atoms with Crippen molar-refractivity contribution in [3.05, 3.63) is 11.4 Å². The summed E-state index contributed by atoms with van der Waals surface area (Å²) in [5.74, 6) is 2.04. The molecule has 0 spiro atoms. The second-order valence-corrected chi connectivity index (χ2v) is 6.96. The molecule has 2 N–H and O–H groups in total. The van der Waals surface area contributed by atoms with Crippen molar-refractivity contribution in [2.45, 2.75) is 20.3 Å². The minimum absolute atomic E-state index is 0.476. The molecule has 2 heterocycles. The van der Waals surface area contributed by atoms with E-state index in [2.05, 4.69) is 14.9 Å². The normalized spacial score (nSPS) is 17.4. The van der Waals surface area contributed by atoms with Crippen molar-refractivity contribution in [3.8, 4) is 0 Å². The Labute approximate surface area is 119 Å². The van der Waals surface area contributed by atoms with E-state index in [1.165, 1.54) is 10.6 Å². The maximum Gasteiger partial charge on any atom is 0.211 e. The molecule has 1 aliphatic heterocycles. The molecule has 0 atom stereocenters. The zero-order chi connectivity index (χ0) is 14.9. The third kappa shape index (κ3) is 3.01. The van der Waals surface area contributed by atoms with Crippen LogP contribution in [0.2, 0.25) is 0 Å². The first-order chi connectivity index (χ1) is 9.32. The third-order valence-corrected chi connectivity index (χ3v) is 4.83. The van der Waals surface area contributed by atoms with Gasteiger partial charge in [-0.25, -0.2) is 18.4 Å². The molecular formula is C12H21N5O2S. The number of hydrogen-bond acceptors (Lipinski definition) is 6. The van der Waals surface area contributed by atoms with Crippen LogP contribution in [0.15, 0.2) is 0 Å². The van der Waals surface area contributed by atoms with Crippen molar-refractivity contribution >= 4 is 21.7 Å². The topological polar surface area (TPSA) is 92.4 Å². The Balaban J connectivity index is 2.21. The second-order valence-electron chi connectivity index (χ2n) is 4.98. The number of piperazine rings is 1. The molecule has 0 radical (unpaired) electrons. The summed E-state index contributed by atoms with van der Waals surface area (Å²) in [6, 6.07) is 0. The summed E-state index contributed by atoms with van der Waals surface area (Å²) < 4.78 is 24.5. The van der Waals surface area contributed by atoms with Crippen LogP contribution in [-0.2, 0) is 16.4 Å². The van der Waals surface area contributed by atoms with Gasteiger partial charge in [-0.3, -0.25) is 0 Å². The smallest absolute Gasteiger partial charge is 0.211 e. The molecule has 0 aromatic carbocycles. The Morgan fingerprint density at radius 2 is 1.80 bits per heavy atom. The number of aromatic nitrogens is 2. The van der Waals surface area contributed by atoms with Crippen LogP contribution in [0.25, 0.3) is 0 Å². The Morgan fingerprint density at radius 1 is 1.20 bits per heavy atom. The number of nitrogens with two attached hydrogens (primary N) is 1. The van der Waals surface area contributed by atoms with Gasteiger partial charge in [-0.05, 0) is 6.92 Å². The Morgan fingerprint density at radius 3 is 2.30 bits per heavy atom. The third-order valence-electron chi connectivity index (χ3n) is 3.53. The van der Waals surface area contributed by atoms with Crippen molar-refractivity contribution in [2.24, 2.45) is 0 Å². The summed E-state index contributed by atoms with van der Waals surface area (Å²) in [4.78, 5) is 10.8. The maximum absolute atomic E-state index is 11.5. The number of nitrogens with zero attached hydrogens (tertiary/aromatic N) is 4. The first kappa shape index (κ1) is 15.0. The first-order valence-corrected chi connectivity index (χ1v) is 8.50.